The maximum atomic E-state index is 10.7. The molecule has 0 amide bonds. The van der Waals surface area contributed by atoms with Gasteiger partial charge in [-0.1, -0.05) is 25.6 Å². The zero-order chi connectivity index (χ0) is 15.6. The minimum Gasteiger partial charge on any atom is -0.481 e. The van der Waals surface area contributed by atoms with Gasteiger partial charge in [0.2, 0.25) is 5.95 Å². The molecule has 1 aromatic rings. The Labute approximate surface area is 129 Å². The number of carboxylic acid groups (broad SMARTS) is 1. The zero-order valence-electron chi connectivity index (χ0n) is 13.1. The van der Waals surface area contributed by atoms with Crippen LogP contribution in [0.1, 0.15) is 34.1 Å². The van der Waals surface area contributed by atoms with Crippen molar-refractivity contribution in [1.82, 2.24) is 14.8 Å². The lowest BCUT2D eigenvalue weighted by Gasteiger charge is -2.41. The minimum absolute atomic E-state index is 0.0144. The van der Waals surface area contributed by atoms with Crippen LogP contribution < -0.4 is 4.90 Å². The van der Waals surface area contributed by atoms with Crippen molar-refractivity contribution in [1.29, 1.82) is 0 Å². The summed E-state index contributed by atoms with van der Waals surface area (Å²) in [5.74, 6) is 1.30. The number of carbonyl (C=O) groups is 1. The third-order valence-corrected chi connectivity index (χ3v) is 5.14. The van der Waals surface area contributed by atoms with Gasteiger partial charge in [0.25, 0.3) is 0 Å². The van der Waals surface area contributed by atoms with Gasteiger partial charge < -0.3 is 10.0 Å². The van der Waals surface area contributed by atoms with E-state index in [4.69, 9.17) is 5.11 Å². The second-order valence-corrected chi connectivity index (χ2v) is 6.86. The highest BCUT2D eigenvalue weighted by Gasteiger charge is 2.32. The van der Waals surface area contributed by atoms with Crippen molar-refractivity contribution >= 4 is 23.7 Å². The second kappa shape index (κ2) is 6.68. The molecule has 1 saturated heterocycles. The quantitative estimate of drug-likeness (QED) is 0.842. The standard InChI is InChI=1S/C14H24N4O2S/c1-5-17-13(15-16-14(17)21-8-12(19)20)18-7-9(2)6-10(3)11(18)4/h9-11H,5-8H2,1-4H3,(H,19,20). The predicted molar refractivity (Wildman–Crippen MR) is 83.8 cm³/mol. The number of aliphatic carboxylic acids is 1. The molecule has 0 aliphatic carbocycles. The number of nitrogens with zero attached hydrogens (tertiary/aromatic N) is 4. The monoisotopic (exact) mass is 312 g/mol. The summed E-state index contributed by atoms with van der Waals surface area (Å²) < 4.78 is 2.02. The Balaban J connectivity index is 2.24. The highest BCUT2D eigenvalue weighted by Crippen LogP contribution is 2.32. The Morgan fingerprint density at radius 3 is 2.71 bits per heavy atom. The first-order valence-electron chi connectivity index (χ1n) is 7.48. The number of carboxylic acids is 1. The van der Waals surface area contributed by atoms with Crippen LogP contribution in [0.4, 0.5) is 5.95 Å². The highest BCUT2D eigenvalue weighted by molar-refractivity contribution is 7.99. The molecule has 21 heavy (non-hydrogen) atoms. The van der Waals surface area contributed by atoms with Gasteiger partial charge in [-0.15, -0.1) is 10.2 Å². The molecule has 1 aromatic heterocycles. The van der Waals surface area contributed by atoms with Gasteiger partial charge in [0.15, 0.2) is 5.16 Å². The van der Waals surface area contributed by atoms with Gasteiger partial charge in [0.05, 0.1) is 5.75 Å². The van der Waals surface area contributed by atoms with Crippen LogP contribution in [0.3, 0.4) is 0 Å². The molecule has 0 radical (unpaired) electrons. The number of anilines is 1. The molecular weight excluding hydrogens is 288 g/mol. The molecule has 0 aromatic carbocycles. The van der Waals surface area contributed by atoms with Crippen LogP contribution in [-0.2, 0) is 11.3 Å². The number of thioether (sulfide) groups is 1. The van der Waals surface area contributed by atoms with Crippen LogP contribution in [0.25, 0.3) is 0 Å². The molecule has 118 valence electrons. The Hall–Kier alpha value is -1.24. The fourth-order valence-electron chi connectivity index (χ4n) is 2.98. The molecule has 1 aliphatic heterocycles. The molecule has 3 unspecified atom stereocenters. The van der Waals surface area contributed by atoms with Crippen molar-refractivity contribution in [2.75, 3.05) is 17.2 Å². The maximum absolute atomic E-state index is 10.7. The van der Waals surface area contributed by atoms with E-state index < -0.39 is 5.97 Å². The van der Waals surface area contributed by atoms with Crippen LogP contribution in [0.2, 0.25) is 0 Å². The minimum atomic E-state index is -0.833. The van der Waals surface area contributed by atoms with Crippen LogP contribution >= 0.6 is 11.8 Å². The maximum Gasteiger partial charge on any atom is 0.313 e. The Kier molecular flexibility index (Phi) is 5.13. The van der Waals surface area contributed by atoms with E-state index in [2.05, 4.69) is 35.9 Å². The predicted octanol–water partition coefficient (Wildman–Crippen LogP) is 2.35. The van der Waals surface area contributed by atoms with Crippen LogP contribution in [0.5, 0.6) is 0 Å². The van der Waals surface area contributed by atoms with Crippen molar-refractivity contribution in [3.05, 3.63) is 0 Å². The van der Waals surface area contributed by atoms with Gasteiger partial charge in [-0.2, -0.15) is 0 Å². The molecule has 0 spiro atoms. The molecule has 1 fully saturated rings. The lowest BCUT2D eigenvalue weighted by molar-refractivity contribution is -0.133. The molecular formula is C14H24N4O2S. The number of hydrogen-bond donors (Lipinski definition) is 1. The van der Waals surface area contributed by atoms with Crippen LogP contribution in [-0.4, -0.2) is 44.2 Å². The normalized spacial score (nSPS) is 26.1. The third kappa shape index (κ3) is 3.51. The summed E-state index contributed by atoms with van der Waals surface area (Å²) in [5.41, 5.74) is 0. The van der Waals surface area contributed by atoms with E-state index in [1.807, 2.05) is 11.5 Å². The van der Waals surface area contributed by atoms with Gasteiger partial charge >= 0.3 is 5.97 Å². The van der Waals surface area contributed by atoms with E-state index in [0.717, 1.165) is 19.0 Å². The lowest BCUT2D eigenvalue weighted by Crippen LogP contribution is -2.47. The SMILES string of the molecule is CCn1c(SCC(=O)O)nnc1N1CC(C)CC(C)C1C. The Morgan fingerprint density at radius 1 is 1.38 bits per heavy atom. The molecule has 6 nitrogen and oxygen atoms in total. The Bertz CT molecular complexity index is 505. The summed E-state index contributed by atoms with van der Waals surface area (Å²) in [5, 5.41) is 18.0. The molecule has 7 heteroatoms. The first-order chi connectivity index (χ1) is 9.93. The van der Waals surface area contributed by atoms with Crippen molar-refractivity contribution in [3.63, 3.8) is 0 Å². The van der Waals surface area contributed by atoms with E-state index in [1.54, 1.807) is 0 Å². The van der Waals surface area contributed by atoms with Gasteiger partial charge in [-0.05, 0) is 32.1 Å². The fourth-order valence-corrected chi connectivity index (χ4v) is 3.70. The largest absolute Gasteiger partial charge is 0.481 e. The topological polar surface area (TPSA) is 71.2 Å². The van der Waals surface area contributed by atoms with E-state index in [1.165, 1.54) is 18.2 Å². The first kappa shape index (κ1) is 16.1. The van der Waals surface area contributed by atoms with Crippen molar-refractivity contribution in [3.8, 4) is 0 Å². The summed E-state index contributed by atoms with van der Waals surface area (Å²) in [6.45, 7) is 10.5. The molecule has 0 saturated carbocycles. The van der Waals surface area contributed by atoms with E-state index in [0.29, 0.717) is 23.0 Å². The van der Waals surface area contributed by atoms with Crippen molar-refractivity contribution in [2.45, 2.75) is 51.9 Å². The van der Waals surface area contributed by atoms with Gasteiger partial charge in [0, 0.05) is 19.1 Å². The first-order valence-corrected chi connectivity index (χ1v) is 8.47. The van der Waals surface area contributed by atoms with Crippen LogP contribution in [0, 0.1) is 11.8 Å². The molecule has 1 aliphatic rings. The van der Waals surface area contributed by atoms with Crippen LogP contribution in [0.15, 0.2) is 5.16 Å². The summed E-state index contributed by atoms with van der Waals surface area (Å²) in [4.78, 5) is 13.0. The van der Waals surface area contributed by atoms with Crippen molar-refractivity contribution in [2.24, 2.45) is 11.8 Å². The Morgan fingerprint density at radius 2 is 2.10 bits per heavy atom. The molecule has 3 atom stereocenters. The number of piperidine rings is 1. The molecule has 2 heterocycles. The number of rotatable bonds is 5. The van der Waals surface area contributed by atoms with E-state index in [-0.39, 0.29) is 5.75 Å². The molecule has 1 N–H and O–H groups in total. The molecule has 2 rings (SSSR count). The highest BCUT2D eigenvalue weighted by atomic mass is 32.2. The average Bonchev–Trinajstić information content (AvgIpc) is 2.83. The van der Waals surface area contributed by atoms with Crippen molar-refractivity contribution < 1.29 is 9.90 Å². The number of aromatic nitrogens is 3. The third-order valence-electron chi connectivity index (χ3n) is 4.19. The number of hydrogen-bond acceptors (Lipinski definition) is 5. The van der Waals surface area contributed by atoms with Gasteiger partial charge in [-0.3, -0.25) is 9.36 Å². The fraction of sp³-hybridized carbons (Fsp3) is 0.786. The summed E-state index contributed by atoms with van der Waals surface area (Å²) in [6, 6.07) is 0.424. The second-order valence-electron chi connectivity index (χ2n) is 5.92. The lowest BCUT2D eigenvalue weighted by atomic mass is 9.86. The van der Waals surface area contributed by atoms with Gasteiger partial charge in [-0.25, -0.2) is 0 Å². The van der Waals surface area contributed by atoms with Gasteiger partial charge in [0.1, 0.15) is 0 Å². The smallest absolute Gasteiger partial charge is 0.313 e. The zero-order valence-corrected chi connectivity index (χ0v) is 13.9. The average molecular weight is 312 g/mol. The summed E-state index contributed by atoms with van der Waals surface area (Å²) in [7, 11) is 0. The summed E-state index contributed by atoms with van der Waals surface area (Å²) in [6.07, 6.45) is 1.23. The molecule has 0 bridgehead atoms. The van der Waals surface area contributed by atoms with E-state index in [9.17, 15) is 4.79 Å². The summed E-state index contributed by atoms with van der Waals surface area (Å²) >= 11 is 1.23. The van der Waals surface area contributed by atoms with E-state index >= 15 is 0 Å².